The number of esters is 1. The molecule has 4 atom stereocenters. The van der Waals surface area contributed by atoms with Gasteiger partial charge >= 0.3 is 11.7 Å². The predicted molar refractivity (Wildman–Crippen MR) is 193 cm³/mol. The van der Waals surface area contributed by atoms with E-state index in [1.807, 2.05) is 12.2 Å². The number of carbonyl (C=O) groups excluding carboxylic acids is 2. The van der Waals surface area contributed by atoms with Crippen LogP contribution < -0.4 is 16.6 Å². The first-order chi connectivity index (χ1) is 23.7. The molecule has 2 heterocycles. The summed E-state index contributed by atoms with van der Waals surface area (Å²) >= 11 is 0. The number of nitrogens with zero attached hydrogens (tertiary/aromatic N) is 4. The fourth-order valence-corrected chi connectivity index (χ4v) is 4.88. The number of hydrogen-bond acceptors (Lipinski definition) is 7. The smallest absolute Gasteiger partial charge is 0.330 e. The molecule has 0 bridgehead atoms. The van der Waals surface area contributed by atoms with Crippen molar-refractivity contribution in [1.29, 1.82) is 0 Å². The van der Waals surface area contributed by atoms with E-state index in [0.29, 0.717) is 12.0 Å². The zero-order valence-corrected chi connectivity index (χ0v) is 29.2. The lowest BCUT2D eigenvalue weighted by Crippen LogP contribution is -2.46. The summed E-state index contributed by atoms with van der Waals surface area (Å²) in [6, 6.07) is -1.59. The molecular weight excluding hydrogens is 624 g/mol. The fraction of sp³-hybridized carbons (Fsp3) is 0.514. The van der Waals surface area contributed by atoms with E-state index in [2.05, 4.69) is 88.0 Å². The Hall–Kier alpha value is -4.67. The molecule has 1 aromatic rings. The van der Waals surface area contributed by atoms with Crippen molar-refractivity contribution in [2.24, 2.45) is 11.0 Å². The van der Waals surface area contributed by atoms with Crippen LogP contribution in [0.3, 0.4) is 0 Å². The van der Waals surface area contributed by atoms with E-state index < -0.39 is 41.6 Å². The molecule has 0 aromatic carbocycles. The fourth-order valence-electron chi connectivity index (χ4n) is 4.88. The number of aromatic nitrogens is 2. The van der Waals surface area contributed by atoms with Crippen molar-refractivity contribution in [3.05, 3.63) is 116 Å². The summed E-state index contributed by atoms with van der Waals surface area (Å²) in [5, 5.41) is 6.50. The van der Waals surface area contributed by atoms with Crippen molar-refractivity contribution in [2.45, 2.75) is 110 Å². The average molecular weight is 677 g/mol. The minimum Gasteiger partial charge on any atom is -0.461 e. The van der Waals surface area contributed by atoms with E-state index in [1.54, 1.807) is 20.8 Å². The van der Waals surface area contributed by atoms with Crippen LogP contribution in [0.15, 0.2) is 93.8 Å². The van der Waals surface area contributed by atoms with Gasteiger partial charge in [0.1, 0.15) is 25.0 Å². The number of azide groups is 1. The van der Waals surface area contributed by atoms with Gasteiger partial charge in [0, 0.05) is 29.5 Å². The van der Waals surface area contributed by atoms with Crippen LogP contribution in [0.5, 0.6) is 0 Å². The molecule has 1 aromatic heterocycles. The molecule has 1 aliphatic rings. The first kappa shape index (κ1) is 40.5. The number of amides is 1. The highest BCUT2D eigenvalue weighted by Gasteiger charge is 2.38. The first-order valence-electron chi connectivity index (χ1n) is 17.1. The zero-order chi connectivity index (χ0) is 35.9. The second-order valence-electron chi connectivity index (χ2n) is 12.0. The highest BCUT2D eigenvalue weighted by Crippen LogP contribution is 2.30. The van der Waals surface area contributed by atoms with Gasteiger partial charge in [0.25, 0.3) is 5.56 Å². The van der Waals surface area contributed by atoms with Crippen molar-refractivity contribution >= 4 is 11.9 Å². The van der Waals surface area contributed by atoms with Crippen molar-refractivity contribution in [2.75, 3.05) is 6.61 Å². The molecule has 0 aliphatic carbocycles. The number of H-pyrrole nitrogens is 1. The Balaban J connectivity index is 1.70. The van der Waals surface area contributed by atoms with Crippen LogP contribution in [0.2, 0.25) is 0 Å². The molecule has 2 rings (SSSR count). The Labute approximate surface area is 289 Å². The lowest BCUT2D eigenvalue weighted by atomic mass is 10.0. The molecular formula is C37H52N6O6. The van der Waals surface area contributed by atoms with E-state index in [1.165, 1.54) is 10.8 Å². The molecule has 0 radical (unpaired) electrons. The van der Waals surface area contributed by atoms with Crippen molar-refractivity contribution in [3.63, 3.8) is 0 Å². The normalized spacial score (nSPS) is 18.9. The SMILES string of the molecule is CCC=CCC=CCC=CCC=CCC=CCC=CCCC(=O)N[C@H](C(=O)OC[C@H]1OC(n2cc(C)c(=O)[nH]c2=O)C[C@@H]1N=[N+]=[N-])C(C)C. The summed E-state index contributed by atoms with van der Waals surface area (Å²) in [7, 11) is 0. The summed E-state index contributed by atoms with van der Waals surface area (Å²) in [6.45, 7) is 7.04. The molecule has 12 heteroatoms. The Bertz CT molecular complexity index is 1530. The molecule has 1 fully saturated rings. The van der Waals surface area contributed by atoms with Crippen LogP contribution in [-0.4, -0.2) is 46.2 Å². The van der Waals surface area contributed by atoms with Gasteiger partial charge in [0.2, 0.25) is 5.91 Å². The largest absolute Gasteiger partial charge is 0.461 e. The van der Waals surface area contributed by atoms with Crippen LogP contribution >= 0.6 is 0 Å². The number of carbonyl (C=O) groups is 2. The first-order valence-corrected chi connectivity index (χ1v) is 17.1. The number of hydrogen-bond donors (Lipinski definition) is 2. The van der Waals surface area contributed by atoms with Gasteiger partial charge < -0.3 is 14.8 Å². The molecule has 12 nitrogen and oxygen atoms in total. The van der Waals surface area contributed by atoms with E-state index in [0.717, 1.165) is 38.5 Å². The lowest BCUT2D eigenvalue weighted by molar-refractivity contribution is -0.153. The highest BCUT2D eigenvalue weighted by molar-refractivity contribution is 5.84. The third-order valence-corrected chi connectivity index (χ3v) is 7.62. The highest BCUT2D eigenvalue weighted by atomic mass is 16.6. The van der Waals surface area contributed by atoms with E-state index in [-0.39, 0.29) is 31.3 Å². The Kier molecular flexibility index (Phi) is 19.5. The number of aromatic amines is 1. The molecule has 49 heavy (non-hydrogen) atoms. The monoisotopic (exact) mass is 676 g/mol. The van der Waals surface area contributed by atoms with E-state index >= 15 is 0 Å². The van der Waals surface area contributed by atoms with Gasteiger partial charge in [0.15, 0.2) is 0 Å². The molecule has 2 N–H and O–H groups in total. The van der Waals surface area contributed by atoms with Gasteiger partial charge in [-0.3, -0.25) is 19.1 Å². The number of rotatable bonds is 21. The molecule has 1 amide bonds. The maximum Gasteiger partial charge on any atom is 0.330 e. The van der Waals surface area contributed by atoms with Gasteiger partial charge in [-0.25, -0.2) is 9.59 Å². The molecule has 1 unspecified atom stereocenters. The molecule has 0 saturated carbocycles. The van der Waals surface area contributed by atoms with E-state index in [4.69, 9.17) is 15.0 Å². The predicted octanol–water partition coefficient (Wildman–Crippen LogP) is 6.97. The van der Waals surface area contributed by atoms with Gasteiger partial charge in [-0.2, -0.15) is 0 Å². The minimum atomic E-state index is -0.877. The summed E-state index contributed by atoms with van der Waals surface area (Å²) in [5.41, 5.74) is 8.16. The maximum atomic E-state index is 13.0. The molecule has 1 aliphatic heterocycles. The Morgan fingerprint density at radius 1 is 1.00 bits per heavy atom. The second kappa shape index (κ2) is 23.6. The zero-order valence-electron chi connectivity index (χ0n) is 29.2. The van der Waals surface area contributed by atoms with Gasteiger partial charge in [-0.05, 0) is 63.3 Å². The second-order valence-corrected chi connectivity index (χ2v) is 12.0. The summed E-state index contributed by atoms with van der Waals surface area (Å²) in [4.78, 5) is 54.7. The van der Waals surface area contributed by atoms with E-state index in [9.17, 15) is 19.2 Å². The maximum absolute atomic E-state index is 13.0. The van der Waals surface area contributed by atoms with Crippen molar-refractivity contribution in [1.82, 2.24) is 14.9 Å². The number of ether oxygens (including phenoxy) is 2. The molecule has 1 saturated heterocycles. The van der Waals surface area contributed by atoms with Gasteiger partial charge in [0.05, 0.1) is 6.04 Å². The standard InChI is InChI=1S/C37H52N6O6/c1-5-6-7-8-9-10-11-12-13-14-15-16-17-18-19-20-21-22-23-24-32(44)39-34(28(2)3)36(46)48-27-31-30(41-42-38)25-33(49-31)43-26-29(4)35(45)40-37(43)47/h6-7,9-10,12-13,15-16,18-19,21-22,26,28,30-31,33-34H,5,8,11,14,17,20,23-25,27H2,1-4H3,(H,39,44)(H,40,45,47)/t30-,31+,33?,34-/m0/s1. The summed E-state index contributed by atoms with van der Waals surface area (Å²) < 4.78 is 12.6. The Morgan fingerprint density at radius 2 is 1.55 bits per heavy atom. The van der Waals surface area contributed by atoms with Crippen molar-refractivity contribution in [3.8, 4) is 0 Å². The lowest BCUT2D eigenvalue weighted by Gasteiger charge is -2.22. The molecule has 0 spiro atoms. The van der Waals surface area contributed by atoms with Gasteiger partial charge in [-0.1, -0.05) is 98.8 Å². The number of allylic oxidation sites excluding steroid dienone is 12. The van der Waals surface area contributed by atoms with Crippen LogP contribution in [-0.2, 0) is 19.1 Å². The van der Waals surface area contributed by atoms with Crippen LogP contribution in [0.1, 0.15) is 90.3 Å². The number of nitrogens with one attached hydrogen (secondary N) is 2. The van der Waals surface area contributed by atoms with Crippen LogP contribution in [0, 0.1) is 12.8 Å². The third kappa shape index (κ3) is 15.9. The van der Waals surface area contributed by atoms with Crippen LogP contribution in [0.25, 0.3) is 10.4 Å². The Morgan fingerprint density at radius 3 is 2.08 bits per heavy atom. The third-order valence-electron chi connectivity index (χ3n) is 7.62. The quantitative estimate of drug-likeness (QED) is 0.0468. The summed E-state index contributed by atoms with van der Waals surface area (Å²) in [5.74, 6) is -1.15. The topological polar surface area (TPSA) is 168 Å². The minimum absolute atomic E-state index is 0.149. The summed E-state index contributed by atoms with van der Waals surface area (Å²) in [6.07, 6.45) is 31.7. The molecule has 266 valence electrons. The number of aryl methyl sites for hydroxylation is 1. The van der Waals surface area contributed by atoms with Crippen molar-refractivity contribution < 1.29 is 19.1 Å². The van der Waals surface area contributed by atoms with Gasteiger partial charge in [-0.15, -0.1) is 0 Å². The van der Waals surface area contributed by atoms with Crippen LogP contribution in [0.4, 0.5) is 0 Å². The average Bonchev–Trinajstić information content (AvgIpc) is 3.47.